The molecule has 0 aliphatic rings. The highest BCUT2D eigenvalue weighted by molar-refractivity contribution is 6.30. The Morgan fingerprint density at radius 1 is 1.07 bits per heavy atom. The minimum absolute atomic E-state index is 0.181. The summed E-state index contributed by atoms with van der Waals surface area (Å²) in [6.45, 7) is 1.98. The van der Waals surface area contributed by atoms with E-state index in [0.717, 1.165) is 16.6 Å². The fourth-order valence-electron chi connectivity index (χ4n) is 2.83. The van der Waals surface area contributed by atoms with E-state index in [2.05, 4.69) is 15.3 Å². The molecule has 0 saturated carbocycles. The number of benzene rings is 2. The van der Waals surface area contributed by atoms with Crippen LogP contribution in [0.5, 0.6) is 0 Å². The summed E-state index contributed by atoms with van der Waals surface area (Å²) in [5.74, 6) is -0.526. The molecule has 4 aromatic rings. The van der Waals surface area contributed by atoms with E-state index < -0.39 is 11.9 Å². The molecule has 0 fully saturated rings. The molecule has 4 rings (SSSR count). The van der Waals surface area contributed by atoms with Crippen LogP contribution in [0.4, 0.5) is 10.4 Å². The molecule has 0 spiro atoms. The third-order valence-corrected chi connectivity index (χ3v) is 4.58. The van der Waals surface area contributed by atoms with E-state index in [-0.39, 0.29) is 22.9 Å². The maximum absolute atomic E-state index is 14.6. The second-order valence-electron chi connectivity index (χ2n) is 6.22. The molecular formula is C21H14Cl2FN3O3. The first-order valence-electron chi connectivity index (χ1n) is 8.60. The summed E-state index contributed by atoms with van der Waals surface area (Å²) in [6, 6.07) is 13.6. The molecule has 0 aliphatic heterocycles. The minimum atomic E-state index is -0.631. The highest BCUT2D eigenvalue weighted by Crippen LogP contribution is 2.30. The number of nitrogens with one attached hydrogen (secondary N) is 1. The van der Waals surface area contributed by atoms with E-state index in [4.69, 9.17) is 37.2 Å². The number of aryl methyl sites for hydroxylation is 1. The molecule has 0 unspecified atom stereocenters. The second kappa shape index (κ2) is 9.50. The Morgan fingerprint density at radius 3 is 2.43 bits per heavy atom. The zero-order valence-corrected chi connectivity index (χ0v) is 17.0. The highest BCUT2D eigenvalue weighted by Gasteiger charge is 2.22. The number of halogens is 3. The molecule has 0 amide bonds. The molecule has 1 N–H and O–H groups in total. The van der Waals surface area contributed by atoms with Crippen LogP contribution in [0, 0.1) is 12.7 Å². The van der Waals surface area contributed by atoms with Gasteiger partial charge < -0.3 is 9.73 Å². The monoisotopic (exact) mass is 445 g/mol. The van der Waals surface area contributed by atoms with Crippen molar-refractivity contribution in [1.29, 1.82) is 0 Å². The number of hydrogen-bond acceptors (Lipinski definition) is 6. The van der Waals surface area contributed by atoms with Crippen molar-refractivity contribution in [2.75, 3.05) is 5.32 Å². The standard InChI is InChI=1S/C20H14Cl2FN3O.CO2/c1-11-2-7-17-16(8-11)25-20(27-17)26-18(12-3-5-13(21)6-4-12)19-15(23)9-14(22)10-24-19;2-1-3/h2-10,18H,1H3,(H,25,26);/t18-;/m0./s1. The molecule has 0 bridgehead atoms. The Labute approximate surface area is 180 Å². The van der Waals surface area contributed by atoms with Gasteiger partial charge in [-0.25, -0.2) is 4.39 Å². The van der Waals surface area contributed by atoms with Crippen molar-refractivity contribution in [2.24, 2.45) is 0 Å². The van der Waals surface area contributed by atoms with E-state index in [1.165, 1.54) is 12.3 Å². The van der Waals surface area contributed by atoms with Gasteiger partial charge in [-0.3, -0.25) is 4.98 Å². The lowest BCUT2D eigenvalue weighted by Crippen LogP contribution is -2.16. The normalized spacial score (nSPS) is 11.3. The molecule has 152 valence electrons. The third-order valence-electron chi connectivity index (χ3n) is 4.12. The molecule has 2 heterocycles. The fraction of sp³-hybridized carbons (Fsp3) is 0.0952. The number of nitrogens with zero attached hydrogens (tertiary/aromatic N) is 2. The van der Waals surface area contributed by atoms with Gasteiger partial charge in [0.25, 0.3) is 6.01 Å². The lowest BCUT2D eigenvalue weighted by atomic mass is 10.0. The minimum Gasteiger partial charge on any atom is -0.424 e. The Balaban J connectivity index is 0.000000806. The quantitative estimate of drug-likeness (QED) is 0.440. The van der Waals surface area contributed by atoms with Gasteiger partial charge in [0.05, 0.1) is 5.02 Å². The van der Waals surface area contributed by atoms with Crippen LogP contribution in [-0.2, 0) is 9.59 Å². The third kappa shape index (κ3) is 5.02. The van der Waals surface area contributed by atoms with Gasteiger partial charge in [-0.1, -0.05) is 41.4 Å². The van der Waals surface area contributed by atoms with Crippen LogP contribution in [0.15, 0.2) is 59.1 Å². The van der Waals surface area contributed by atoms with Crippen LogP contribution in [0.2, 0.25) is 10.0 Å². The van der Waals surface area contributed by atoms with E-state index in [0.29, 0.717) is 10.6 Å². The Kier molecular flexibility index (Phi) is 6.79. The van der Waals surface area contributed by atoms with E-state index >= 15 is 0 Å². The smallest absolute Gasteiger partial charge is 0.373 e. The lowest BCUT2D eigenvalue weighted by molar-refractivity contribution is -0.191. The first-order valence-corrected chi connectivity index (χ1v) is 9.36. The van der Waals surface area contributed by atoms with Crippen molar-refractivity contribution in [1.82, 2.24) is 9.97 Å². The predicted octanol–water partition coefficient (Wildman–Crippen LogP) is 5.60. The van der Waals surface area contributed by atoms with Crippen molar-refractivity contribution in [3.8, 4) is 0 Å². The maximum atomic E-state index is 14.6. The van der Waals surface area contributed by atoms with Crippen LogP contribution in [0.3, 0.4) is 0 Å². The second-order valence-corrected chi connectivity index (χ2v) is 7.10. The fourth-order valence-corrected chi connectivity index (χ4v) is 3.10. The number of aromatic nitrogens is 2. The topological polar surface area (TPSA) is 85.1 Å². The summed E-state index contributed by atoms with van der Waals surface area (Å²) >= 11 is 11.8. The molecular weight excluding hydrogens is 432 g/mol. The van der Waals surface area contributed by atoms with Crippen LogP contribution in [-0.4, -0.2) is 16.1 Å². The first kappa shape index (κ1) is 21.5. The van der Waals surface area contributed by atoms with E-state index in [9.17, 15) is 4.39 Å². The number of anilines is 1. The summed E-state index contributed by atoms with van der Waals surface area (Å²) in [6.07, 6.45) is 1.65. The summed E-state index contributed by atoms with van der Waals surface area (Å²) in [4.78, 5) is 24.9. The van der Waals surface area contributed by atoms with Gasteiger partial charge >= 0.3 is 6.15 Å². The zero-order valence-electron chi connectivity index (χ0n) is 15.5. The average Bonchev–Trinajstić information content (AvgIpc) is 3.09. The summed E-state index contributed by atoms with van der Waals surface area (Å²) in [7, 11) is 0. The van der Waals surface area contributed by atoms with E-state index in [1.807, 2.05) is 25.1 Å². The van der Waals surface area contributed by atoms with Crippen LogP contribution in [0.25, 0.3) is 11.1 Å². The lowest BCUT2D eigenvalue weighted by Gasteiger charge is -2.18. The number of fused-ring (bicyclic) bond motifs is 1. The van der Waals surface area contributed by atoms with E-state index in [1.54, 1.807) is 24.3 Å². The number of carbonyl (C=O) groups excluding carboxylic acids is 2. The van der Waals surface area contributed by atoms with Crippen LogP contribution >= 0.6 is 23.2 Å². The van der Waals surface area contributed by atoms with Crippen molar-refractivity contribution in [2.45, 2.75) is 13.0 Å². The van der Waals surface area contributed by atoms with Gasteiger partial charge in [-0.2, -0.15) is 14.6 Å². The maximum Gasteiger partial charge on any atom is 0.373 e. The molecule has 0 radical (unpaired) electrons. The van der Waals surface area contributed by atoms with Gasteiger partial charge in [0.2, 0.25) is 0 Å². The highest BCUT2D eigenvalue weighted by atomic mass is 35.5. The molecule has 30 heavy (non-hydrogen) atoms. The number of hydrogen-bond donors (Lipinski definition) is 1. The molecule has 0 aliphatic carbocycles. The van der Waals surface area contributed by atoms with Gasteiger partial charge in [-0.15, -0.1) is 0 Å². The summed E-state index contributed by atoms with van der Waals surface area (Å²) < 4.78 is 20.3. The zero-order chi connectivity index (χ0) is 21.7. The Morgan fingerprint density at radius 2 is 1.77 bits per heavy atom. The molecule has 1 atom stereocenters. The van der Waals surface area contributed by atoms with Gasteiger partial charge in [0.15, 0.2) is 5.58 Å². The molecule has 6 nitrogen and oxygen atoms in total. The van der Waals surface area contributed by atoms with Gasteiger partial charge in [-0.05, 0) is 48.4 Å². The van der Waals surface area contributed by atoms with Crippen molar-refractivity contribution in [3.05, 3.63) is 87.4 Å². The largest absolute Gasteiger partial charge is 0.424 e. The number of oxazole rings is 1. The summed E-state index contributed by atoms with van der Waals surface area (Å²) in [5, 5.41) is 3.94. The molecule has 0 saturated heterocycles. The molecule has 2 aromatic heterocycles. The van der Waals surface area contributed by atoms with Crippen LogP contribution in [0.1, 0.15) is 22.9 Å². The van der Waals surface area contributed by atoms with Crippen molar-refractivity contribution < 1.29 is 18.4 Å². The average molecular weight is 446 g/mol. The summed E-state index contributed by atoms with van der Waals surface area (Å²) in [5.41, 5.74) is 3.37. The van der Waals surface area contributed by atoms with Gasteiger partial charge in [0.1, 0.15) is 23.1 Å². The number of rotatable bonds is 4. The Hall–Kier alpha value is -3.25. The number of pyridine rings is 1. The van der Waals surface area contributed by atoms with Crippen molar-refractivity contribution >= 4 is 46.5 Å². The SMILES string of the molecule is Cc1ccc2oc(N[C@@H](c3ccc(Cl)cc3)c3ncc(Cl)cc3F)nc2c1.O=C=O. The van der Waals surface area contributed by atoms with Crippen LogP contribution < -0.4 is 5.32 Å². The first-order chi connectivity index (χ1) is 14.4. The van der Waals surface area contributed by atoms with Crippen molar-refractivity contribution in [3.63, 3.8) is 0 Å². The molecule has 9 heteroatoms. The molecule has 2 aromatic carbocycles. The van der Waals surface area contributed by atoms with Gasteiger partial charge in [0, 0.05) is 11.2 Å². The Bertz CT molecular complexity index is 1210. The predicted molar refractivity (Wildman–Crippen MR) is 110 cm³/mol.